The molecule has 0 saturated heterocycles. The quantitative estimate of drug-likeness (QED) is 0.772. The Morgan fingerprint density at radius 1 is 1.24 bits per heavy atom. The van der Waals surface area contributed by atoms with E-state index in [9.17, 15) is 18.3 Å². The van der Waals surface area contributed by atoms with Crippen molar-refractivity contribution in [1.29, 1.82) is 0 Å². The Hall–Kier alpha value is -1.40. The number of aryl methyl sites for hydroxylation is 1. The van der Waals surface area contributed by atoms with Crippen molar-refractivity contribution in [3.05, 3.63) is 29.8 Å². The molecule has 2 unspecified atom stereocenters. The molecule has 0 aromatic heterocycles. The van der Waals surface area contributed by atoms with Crippen LogP contribution >= 0.6 is 0 Å². The van der Waals surface area contributed by atoms with Crippen molar-refractivity contribution in [2.45, 2.75) is 51.0 Å². The molecule has 1 aromatic carbocycles. The second kappa shape index (κ2) is 7.56. The fourth-order valence-electron chi connectivity index (χ4n) is 2.00. The molecule has 0 fully saturated rings. The number of sulfonamides is 1. The van der Waals surface area contributed by atoms with Gasteiger partial charge in [0.25, 0.3) is 0 Å². The third-order valence-corrected chi connectivity index (χ3v) is 4.99. The molecule has 0 saturated carbocycles. The lowest BCUT2D eigenvalue weighted by Gasteiger charge is -2.20. The molecule has 0 amide bonds. The number of carboxylic acids is 1. The number of aliphatic carboxylic acids is 1. The first-order chi connectivity index (χ1) is 9.81. The molecule has 1 aromatic rings. The summed E-state index contributed by atoms with van der Waals surface area (Å²) in [6.07, 6.45) is 2.45. The predicted octanol–water partition coefficient (Wildman–Crippen LogP) is 2.42. The summed E-state index contributed by atoms with van der Waals surface area (Å²) < 4.78 is 26.8. The van der Waals surface area contributed by atoms with Crippen molar-refractivity contribution in [3.63, 3.8) is 0 Å². The molecule has 0 aliphatic carbocycles. The van der Waals surface area contributed by atoms with Crippen LogP contribution in [-0.4, -0.2) is 25.5 Å². The highest BCUT2D eigenvalue weighted by Gasteiger charge is 2.29. The maximum Gasteiger partial charge on any atom is 0.322 e. The number of hydrogen-bond donors (Lipinski definition) is 2. The summed E-state index contributed by atoms with van der Waals surface area (Å²) in [5.74, 6) is -1.44. The summed E-state index contributed by atoms with van der Waals surface area (Å²) in [6.45, 7) is 5.59. The van der Waals surface area contributed by atoms with E-state index < -0.39 is 22.0 Å². The van der Waals surface area contributed by atoms with Gasteiger partial charge in [-0.05, 0) is 30.0 Å². The van der Waals surface area contributed by atoms with Gasteiger partial charge in [-0.25, -0.2) is 8.42 Å². The number of carbonyl (C=O) groups is 1. The highest BCUT2D eigenvalue weighted by molar-refractivity contribution is 7.89. The van der Waals surface area contributed by atoms with Crippen LogP contribution in [0.15, 0.2) is 29.2 Å². The van der Waals surface area contributed by atoms with Crippen molar-refractivity contribution in [2.24, 2.45) is 5.92 Å². The van der Waals surface area contributed by atoms with E-state index in [1.165, 1.54) is 12.1 Å². The molecule has 5 nitrogen and oxygen atoms in total. The van der Waals surface area contributed by atoms with E-state index in [-0.39, 0.29) is 10.8 Å². The minimum atomic E-state index is -3.82. The average molecular weight is 313 g/mol. The molecule has 118 valence electrons. The monoisotopic (exact) mass is 313 g/mol. The minimum Gasteiger partial charge on any atom is -0.480 e. The molecule has 2 atom stereocenters. The third-order valence-electron chi connectivity index (χ3n) is 3.53. The Labute approximate surface area is 126 Å². The Morgan fingerprint density at radius 3 is 2.24 bits per heavy atom. The number of benzene rings is 1. The number of hydrogen-bond acceptors (Lipinski definition) is 3. The predicted molar refractivity (Wildman–Crippen MR) is 81.6 cm³/mol. The van der Waals surface area contributed by atoms with Gasteiger partial charge in [0.1, 0.15) is 6.04 Å². The number of carboxylic acid groups (broad SMARTS) is 1. The van der Waals surface area contributed by atoms with Gasteiger partial charge in [-0.2, -0.15) is 4.72 Å². The molecule has 6 heteroatoms. The molecule has 21 heavy (non-hydrogen) atoms. The van der Waals surface area contributed by atoms with Gasteiger partial charge in [0, 0.05) is 0 Å². The molecule has 0 aliphatic heterocycles. The van der Waals surface area contributed by atoms with E-state index in [0.29, 0.717) is 6.42 Å². The zero-order valence-electron chi connectivity index (χ0n) is 12.7. The highest BCUT2D eigenvalue weighted by atomic mass is 32.2. The van der Waals surface area contributed by atoms with Crippen molar-refractivity contribution in [1.82, 2.24) is 4.72 Å². The summed E-state index contributed by atoms with van der Waals surface area (Å²) in [4.78, 5) is 11.3. The van der Waals surface area contributed by atoms with Crippen molar-refractivity contribution in [2.75, 3.05) is 0 Å². The lowest BCUT2D eigenvalue weighted by Crippen LogP contribution is -2.44. The van der Waals surface area contributed by atoms with Crippen LogP contribution in [-0.2, 0) is 21.2 Å². The summed E-state index contributed by atoms with van der Waals surface area (Å²) >= 11 is 0. The van der Waals surface area contributed by atoms with Gasteiger partial charge in [-0.15, -0.1) is 0 Å². The van der Waals surface area contributed by atoms with Crippen LogP contribution in [0.1, 0.15) is 39.2 Å². The first-order valence-electron chi connectivity index (χ1n) is 7.15. The van der Waals surface area contributed by atoms with Crippen molar-refractivity contribution in [3.8, 4) is 0 Å². The van der Waals surface area contributed by atoms with Crippen LogP contribution in [0.25, 0.3) is 0 Å². The summed E-state index contributed by atoms with van der Waals surface area (Å²) in [7, 11) is -3.82. The van der Waals surface area contributed by atoms with Crippen LogP contribution in [0.2, 0.25) is 0 Å². The van der Waals surface area contributed by atoms with Gasteiger partial charge >= 0.3 is 5.97 Å². The Balaban J connectivity index is 2.96. The Morgan fingerprint density at radius 2 is 1.81 bits per heavy atom. The maximum absolute atomic E-state index is 12.3. The van der Waals surface area contributed by atoms with E-state index in [1.807, 2.05) is 6.92 Å². The van der Waals surface area contributed by atoms with E-state index in [1.54, 1.807) is 19.1 Å². The van der Waals surface area contributed by atoms with Gasteiger partial charge in [0.05, 0.1) is 4.90 Å². The fourth-order valence-corrected chi connectivity index (χ4v) is 3.30. The second-order valence-corrected chi connectivity index (χ2v) is 6.93. The molecule has 1 rings (SSSR count). The topological polar surface area (TPSA) is 83.5 Å². The van der Waals surface area contributed by atoms with Crippen LogP contribution < -0.4 is 4.72 Å². The van der Waals surface area contributed by atoms with Crippen LogP contribution in [0.4, 0.5) is 0 Å². The zero-order chi connectivity index (χ0) is 16.0. The molecular weight excluding hydrogens is 290 g/mol. The Bertz CT molecular complexity index is 566. The standard InChI is InChI=1S/C15H23NO4S/c1-4-6-12-7-9-13(10-8-12)21(19,20)16-14(15(17)18)11(3)5-2/h7-11,14,16H,4-6H2,1-3H3,(H,17,18). The van der Waals surface area contributed by atoms with E-state index >= 15 is 0 Å². The van der Waals surface area contributed by atoms with Crippen LogP contribution in [0.3, 0.4) is 0 Å². The van der Waals surface area contributed by atoms with Gasteiger partial charge in [-0.1, -0.05) is 45.7 Å². The Kier molecular flexibility index (Phi) is 6.36. The minimum absolute atomic E-state index is 0.0944. The normalized spacial score (nSPS) is 14.6. The van der Waals surface area contributed by atoms with Gasteiger partial charge in [-0.3, -0.25) is 4.79 Å². The van der Waals surface area contributed by atoms with E-state index in [4.69, 9.17) is 0 Å². The first-order valence-corrected chi connectivity index (χ1v) is 8.64. The fraction of sp³-hybridized carbons (Fsp3) is 0.533. The van der Waals surface area contributed by atoms with Gasteiger partial charge in [0.2, 0.25) is 10.0 Å². The number of nitrogens with one attached hydrogen (secondary N) is 1. The first kappa shape index (κ1) is 17.7. The SMILES string of the molecule is CCCc1ccc(S(=O)(=O)NC(C(=O)O)C(C)CC)cc1. The largest absolute Gasteiger partial charge is 0.480 e. The van der Waals surface area contributed by atoms with Gasteiger partial charge in [0.15, 0.2) is 0 Å². The lowest BCUT2D eigenvalue weighted by atomic mass is 10.0. The molecule has 0 aliphatic rings. The average Bonchev–Trinajstić information content (AvgIpc) is 2.44. The molecule has 0 heterocycles. The lowest BCUT2D eigenvalue weighted by molar-refractivity contribution is -0.140. The molecule has 0 bridgehead atoms. The molecule has 0 radical (unpaired) electrons. The van der Waals surface area contributed by atoms with E-state index in [2.05, 4.69) is 11.6 Å². The van der Waals surface area contributed by atoms with Crippen LogP contribution in [0, 0.1) is 5.92 Å². The number of rotatable bonds is 8. The highest BCUT2D eigenvalue weighted by Crippen LogP contribution is 2.15. The van der Waals surface area contributed by atoms with Gasteiger partial charge < -0.3 is 5.11 Å². The molecular formula is C15H23NO4S. The smallest absolute Gasteiger partial charge is 0.322 e. The second-order valence-electron chi connectivity index (χ2n) is 5.22. The molecule has 2 N–H and O–H groups in total. The summed E-state index contributed by atoms with van der Waals surface area (Å²) in [6, 6.07) is 5.44. The van der Waals surface area contributed by atoms with Crippen LogP contribution in [0.5, 0.6) is 0 Å². The van der Waals surface area contributed by atoms with Crippen molar-refractivity contribution >= 4 is 16.0 Å². The molecule has 0 spiro atoms. The third kappa shape index (κ3) is 4.82. The summed E-state index contributed by atoms with van der Waals surface area (Å²) in [5.41, 5.74) is 1.06. The maximum atomic E-state index is 12.3. The van der Waals surface area contributed by atoms with Crippen molar-refractivity contribution < 1.29 is 18.3 Å². The zero-order valence-corrected chi connectivity index (χ0v) is 13.5. The van der Waals surface area contributed by atoms with E-state index in [0.717, 1.165) is 18.4 Å². The summed E-state index contributed by atoms with van der Waals surface area (Å²) in [5, 5.41) is 9.17.